The second-order valence-electron chi connectivity index (χ2n) is 4.00. The quantitative estimate of drug-likeness (QED) is 0.874. The first kappa shape index (κ1) is 11.7. The Bertz CT molecular complexity index is 507. The number of hydrogen-bond acceptors (Lipinski definition) is 3. The van der Waals surface area contributed by atoms with Crippen molar-refractivity contribution in [1.29, 1.82) is 0 Å². The summed E-state index contributed by atoms with van der Waals surface area (Å²) in [6.07, 6.45) is 3.36. The van der Waals surface area contributed by atoms with E-state index in [1.54, 1.807) is 12.3 Å². The van der Waals surface area contributed by atoms with Gasteiger partial charge in [0.1, 0.15) is 11.5 Å². The molecule has 0 bridgehead atoms. The van der Waals surface area contributed by atoms with E-state index in [2.05, 4.69) is 10.3 Å². The first-order chi connectivity index (χ1) is 8.20. The largest absolute Gasteiger partial charge is 0.330 e. The Hall–Kier alpha value is -1.75. The van der Waals surface area contributed by atoms with Gasteiger partial charge in [0.15, 0.2) is 0 Å². The van der Waals surface area contributed by atoms with E-state index in [0.29, 0.717) is 12.2 Å². The highest BCUT2D eigenvalue weighted by Gasteiger charge is 2.07. The van der Waals surface area contributed by atoms with Crippen molar-refractivity contribution < 1.29 is 4.39 Å². The summed E-state index contributed by atoms with van der Waals surface area (Å²) in [6, 6.07) is 5.03. The fraction of sp³-hybridized carbons (Fsp3) is 0.333. The van der Waals surface area contributed by atoms with Crippen molar-refractivity contribution in [2.24, 2.45) is 5.73 Å². The molecule has 2 aromatic rings. The predicted octanol–water partition coefficient (Wildman–Crippen LogP) is 1.61. The topological polar surface area (TPSA) is 56.7 Å². The zero-order chi connectivity index (χ0) is 12.3. The first-order valence-corrected chi connectivity index (χ1v) is 5.58. The van der Waals surface area contributed by atoms with Crippen LogP contribution in [-0.4, -0.2) is 21.5 Å². The summed E-state index contributed by atoms with van der Waals surface area (Å²) in [5.74, 6) is -0.291. The van der Waals surface area contributed by atoms with Gasteiger partial charge in [-0.2, -0.15) is 0 Å². The minimum atomic E-state index is -0.291. The molecule has 0 saturated carbocycles. The van der Waals surface area contributed by atoms with E-state index < -0.39 is 0 Å². The summed E-state index contributed by atoms with van der Waals surface area (Å²) in [5.41, 5.74) is 7.55. The molecule has 90 valence electrons. The summed E-state index contributed by atoms with van der Waals surface area (Å²) >= 11 is 0. The van der Waals surface area contributed by atoms with Gasteiger partial charge in [0.2, 0.25) is 0 Å². The van der Waals surface area contributed by atoms with Gasteiger partial charge < -0.3 is 5.73 Å². The van der Waals surface area contributed by atoms with Crippen LogP contribution in [-0.2, 0) is 6.42 Å². The normalized spacial score (nSPS) is 10.8. The lowest BCUT2D eigenvalue weighted by atomic mass is 10.2. The van der Waals surface area contributed by atoms with Gasteiger partial charge in [-0.05, 0) is 44.0 Å². The van der Waals surface area contributed by atoms with Crippen molar-refractivity contribution >= 4 is 0 Å². The molecule has 0 radical (unpaired) electrons. The van der Waals surface area contributed by atoms with Gasteiger partial charge in [0, 0.05) is 0 Å². The van der Waals surface area contributed by atoms with Crippen LogP contribution in [0.25, 0.3) is 5.69 Å². The Morgan fingerprint density at radius 3 is 2.94 bits per heavy atom. The maximum Gasteiger partial charge on any atom is 0.149 e. The van der Waals surface area contributed by atoms with Gasteiger partial charge >= 0.3 is 0 Å². The molecule has 0 atom stereocenters. The molecule has 17 heavy (non-hydrogen) atoms. The predicted molar refractivity (Wildman–Crippen MR) is 63.4 cm³/mol. The van der Waals surface area contributed by atoms with Crippen molar-refractivity contribution in [2.75, 3.05) is 6.54 Å². The third-order valence-electron chi connectivity index (χ3n) is 2.53. The zero-order valence-corrected chi connectivity index (χ0v) is 9.73. The molecule has 0 aliphatic carbocycles. The summed E-state index contributed by atoms with van der Waals surface area (Å²) in [6.45, 7) is 2.46. The van der Waals surface area contributed by atoms with Crippen LogP contribution in [0.3, 0.4) is 0 Å². The Morgan fingerprint density at radius 1 is 1.41 bits per heavy atom. The number of halogens is 1. The van der Waals surface area contributed by atoms with E-state index in [9.17, 15) is 4.39 Å². The average molecular weight is 234 g/mol. The third kappa shape index (κ3) is 2.68. The van der Waals surface area contributed by atoms with Crippen LogP contribution in [0, 0.1) is 12.7 Å². The molecule has 5 heteroatoms. The van der Waals surface area contributed by atoms with Gasteiger partial charge in [0.25, 0.3) is 0 Å². The number of benzene rings is 1. The molecule has 1 aromatic carbocycles. The number of nitrogens with zero attached hydrogens (tertiary/aromatic N) is 3. The van der Waals surface area contributed by atoms with E-state index in [0.717, 1.165) is 24.1 Å². The van der Waals surface area contributed by atoms with Crippen LogP contribution in [0.1, 0.15) is 17.7 Å². The third-order valence-corrected chi connectivity index (χ3v) is 2.53. The summed E-state index contributed by atoms with van der Waals surface area (Å²) in [5, 5.41) is 7.90. The number of nitrogens with two attached hydrogens (primary N) is 1. The molecule has 1 heterocycles. The molecule has 0 aliphatic rings. The van der Waals surface area contributed by atoms with Gasteiger partial charge in [0.05, 0.1) is 11.9 Å². The van der Waals surface area contributed by atoms with Crippen LogP contribution in [0.2, 0.25) is 0 Å². The standard InChI is InChI=1S/C12H15FN4/c1-9-4-5-12(11(13)7-9)17-8-10(15-16-17)3-2-6-14/h4-5,7-8H,2-3,6,14H2,1H3. The van der Waals surface area contributed by atoms with Crippen LogP contribution < -0.4 is 5.73 Å². The molecule has 1 aromatic heterocycles. The smallest absolute Gasteiger partial charge is 0.149 e. The van der Waals surface area contributed by atoms with Crippen molar-refractivity contribution in [2.45, 2.75) is 19.8 Å². The highest BCUT2D eigenvalue weighted by molar-refractivity contribution is 5.35. The Morgan fingerprint density at radius 2 is 2.24 bits per heavy atom. The molecule has 0 unspecified atom stereocenters. The molecule has 4 nitrogen and oxygen atoms in total. The Balaban J connectivity index is 2.24. The monoisotopic (exact) mass is 234 g/mol. The van der Waals surface area contributed by atoms with Crippen LogP contribution in [0.5, 0.6) is 0 Å². The van der Waals surface area contributed by atoms with Crippen molar-refractivity contribution in [3.63, 3.8) is 0 Å². The fourth-order valence-electron chi connectivity index (χ4n) is 1.61. The lowest BCUT2D eigenvalue weighted by Gasteiger charge is -2.02. The zero-order valence-electron chi connectivity index (χ0n) is 9.73. The molecule has 0 aliphatic heterocycles. The molecular formula is C12H15FN4. The lowest BCUT2D eigenvalue weighted by molar-refractivity contribution is 0.606. The van der Waals surface area contributed by atoms with Gasteiger partial charge in [-0.15, -0.1) is 5.10 Å². The van der Waals surface area contributed by atoms with E-state index in [4.69, 9.17) is 5.73 Å². The lowest BCUT2D eigenvalue weighted by Crippen LogP contribution is -2.00. The summed E-state index contributed by atoms with van der Waals surface area (Å²) < 4.78 is 15.1. The number of aromatic nitrogens is 3. The van der Waals surface area contributed by atoms with Crippen molar-refractivity contribution in [1.82, 2.24) is 15.0 Å². The highest BCUT2D eigenvalue weighted by atomic mass is 19.1. The second kappa shape index (κ2) is 5.05. The number of hydrogen-bond donors (Lipinski definition) is 1. The molecular weight excluding hydrogens is 219 g/mol. The Kier molecular flexibility index (Phi) is 3.49. The maximum absolute atomic E-state index is 13.7. The van der Waals surface area contributed by atoms with Crippen molar-refractivity contribution in [3.8, 4) is 5.69 Å². The van der Waals surface area contributed by atoms with E-state index in [-0.39, 0.29) is 5.82 Å². The molecule has 0 saturated heterocycles. The minimum absolute atomic E-state index is 0.291. The van der Waals surface area contributed by atoms with Crippen LogP contribution >= 0.6 is 0 Å². The molecule has 2 rings (SSSR count). The molecule has 0 amide bonds. The van der Waals surface area contributed by atoms with E-state index in [1.807, 2.05) is 13.0 Å². The highest BCUT2D eigenvalue weighted by Crippen LogP contribution is 2.14. The Labute approximate surface area is 99.2 Å². The average Bonchev–Trinajstić information content (AvgIpc) is 2.75. The van der Waals surface area contributed by atoms with E-state index >= 15 is 0 Å². The van der Waals surface area contributed by atoms with Gasteiger partial charge in [-0.1, -0.05) is 11.3 Å². The van der Waals surface area contributed by atoms with Gasteiger partial charge in [-0.3, -0.25) is 0 Å². The molecule has 0 spiro atoms. The maximum atomic E-state index is 13.7. The summed E-state index contributed by atoms with van der Waals surface area (Å²) in [7, 11) is 0. The SMILES string of the molecule is Cc1ccc(-n2cc(CCCN)nn2)c(F)c1. The molecule has 2 N–H and O–H groups in total. The van der Waals surface area contributed by atoms with Crippen LogP contribution in [0.15, 0.2) is 24.4 Å². The van der Waals surface area contributed by atoms with E-state index in [1.165, 1.54) is 10.7 Å². The number of aryl methyl sites for hydroxylation is 2. The fourth-order valence-corrected chi connectivity index (χ4v) is 1.61. The van der Waals surface area contributed by atoms with Crippen molar-refractivity contribution in [3.05, 3.63) is 41.5 Å². The second-order valence-corrected chi connectivity index (χ2v) is 4.00. The first-order valence-electron chi connectivity index (χ1n) is 5.58. The number of rotatable bonds is 4. The molecule has 0 fully saturated rings. The van der Waals surface area contributed by atoms with Crippen LogP contribution in [0.4, 0.5) is 4.39 Å². The minimum Gasteiger partial charge on any atom is -0.330 e. The summed E-state index contributed by atoms with van der Waals surface area (Å²) in [4.78, 5) is 0. The van der Waals surface area contributed by atoms with Gasteiger partial charge in [-0.25, -0.2) is 9.07 Å².